The number of Topliss-reactive ketones (excluding diaryl/α,β-unsaturated/α-hetero) is 1. The number of amides is 1. The number of alkyl halides is 1. The molecule has 190 valence electrons. The molecule has 9 nitrogen and oxygen atoms in total. The molecule has 2 aromatic heterocycles. The van der Waals surface area contributed by atoms with E-state index in [0.717, 1.165) is 12.8 Å². The fourth-order valence-electron chi connectivity index (χ4n) is 4.50. The molecule has 0 radical (unpaired) electrons. The molecule has 2 aliphatic rings. The van der Waals surface area contributed by atoms with Gasteiger partial charge in [-0.1, -0.05) is 12.9 Å². The molecule has 0 bridgehead atoms. The number of hydrogen-bond acceptors (Lipinski definition) is 7. The van der Waals surface area contributed by atoms with Crippen LogP contribution >= 0.6 is 0 Å². The molecule has 1 amide bonds. The Hall–Kier alpha value is -3.53. The van der Waals surface area contributed by atoms with Gasteiger partial charge in [-0.3, -0.25) is 14.3 Å². The number of rotatable bonds is 10. The van der Waals surface area contributed by atoms with E-state index in [2.05, 4.69) is 20.7 Å². The second-order valence-corrected chi connectivity index (χ2v) is 9.31. The first-order valence-electron chi connectivity index (χ1n) is 13.3. The lowest BCUT2D eigenvalue weighted by atomic mass is 10.00. The predicted molar refractivity (Wildman–Crippen MR) is 134 cm³/mol. The van der Waals surface area contributed by atoms with Crippen molar-refractivity contribution in [3.05, 3.63) is 35.5 Å². The predicted octanol–water partition coefficient (Wildman–Crippen LogP) is 4.85. The summed E-state index contributed by atoms with van der Waals surface area (Å²) in [5, 5.41) is 11.0. The van der Waals surface area contributed by atoms with E-state index in [1.807, 2.05) is 0 Å². The number of carbonyl (C=O) groups excluding carboxylic acids is 2. The monoisotopic (exact) mass is 498 g/mol. The summed E-state index contributed by atoms with van der Waals surface area (Å²) in [6.07, 6.45) is 2.08. The van der Waals surface area contributed by atoms with Gasteiger partial charge in [0.15, 0.2) is 11.6 Å². The van der Waals surface area contributed by atoms with Crippen LogP contribution in [0.4, 0.5) is 21.7 Å². The first kappa shape index (κ1) is 20.6. The van der Waals surface area contributed by atoms with Gasteiger partial charge >= 0.3 is 0 Å². The molecule has 2 saturated carbocycles. The first-order chi connectivity index (χ1) is 18.4. The number of pyridine rings is 1. The zero-order chi connectivity index (χ0) is 28.1. The molecule has 1 aromatic carbocycles. The van der Waals surface area contributed by atoms with Crippen LogP contribution in [-0.2, 0) is 16.6 Å². The van der Waals surface area contributed by atoms with Crippen LogP contribution in [-0.4, -0.2) is 46.3 Å². The van der Waals surface area contributed by atoms with Crippen LogP contribution in [0.3, 0.4) is 0 Å². The summed E-state index contributed by atoms with van der Waals surface area (Å²) in [4.78, 5) is 29.5. The van der Waals surface area contributed by atoms with E-state index in [0.29, 0.717) is 40.9 Å². The van der Waals surface area contributed by atoms with Crippen molar-refractivity contribution in [1.29, 1.82) is 0 Å². The van der Waals surface area contributed by atoms with Crippen LogP contribution in [0.15, 0.2) is 24.4 Å². The zero-order valence-electron chi connectivity index (χ0n) is 23.4. The highest BCUT2D eigenvalue weighted by Crippen LogP contribution is 2.54. The fraction of sp³-hybridized carbons (Fsp3) is 0.462. The van der Waals surface area contributed by atoms with Crippen molar-refractivity contribution in [1.82, 2.24) is 14.8 Å². The van der Waals surface area contributed by atoms with Crippen molar-refractivity contribution in [2.24, 2.45) is 13.0 Å². The third-order valence-corrected chi connectivity index (χ3v) is 6.74. The molecule has 0 saturated heterocycles. The maximum absolute atomic E-state index is 15.2. The first-order valence-corrected chi connectivity index (χ1v) is 11.8. The summed E-state index contributed by atoms with van der Waals surface area (Å²) in [5.41, 5.74) is -0.0527. The molecular formula is C26H30FN5O4. The molecule has 2 heterocycles. The maximum Gasteiger partial charge on any atom is 0.228 e. The van der Waals surface area contributed by atoms with Crippen LogP contribution in [0.25, 0.3) is 10.9 Å². The van der Waals surface area contributed by atoms with Crippen LogP contribution in [0.5, 0.6) is 5.75 Å². The Bertz CT molecular complexity index is 1450. The minimum Gasteiger partial charge on any atom is -0.496 e. The Balaban J connectivity index is 1.59. The van der Waals surface area contributed by atoms with Gasteiger partial charge < -0.3 is 20.1 Å². The van der Waals surface area contributed by atoms with Gasteiger partial charge in [0.05, 0.1) is 29.3 Å². The lowest BCUT2D eigenvalue weighted by Gasteiger charge is -2.22. The maximum atomic E-state index is 15.2. The highest BCUT2D eigenvalue weighted by Gasteiger charge is 2.52. The van der Waals surface area contributed by atoms with E-state index in [4.69, 9.17) is 13.6 Å². The normalized spacial score (nSPS) is 18.6. The van der Waals surface area contributed by atoms with E-state index in [1.165, 1.54) is 26.5 Å². The number of aromatic nitrogens is 3. The van der Waals surface area contributed by atoms with Gasteiger partial charge in [-0.25, -0.2) is 9.37 Å². The van der Waals surface area contributed by atoms with Crippen molar-refractivity contribution >= 4 is 39.9 Å². The van der Waals surface area contributed by atoms with Crippen molar-refractivity contribution in [3.8, 4) is 5.75 Å². The third-order valence-electron chi connectivity index (χ3n) is 6.74. The molecule has 2 aliphatic carbocycles. The number of aryl methyl sites for hydroxylation is 1. The van der Waals surface area contributed by atoms with Gasteiger partial charge in [0, 0.05) is 48.4 Å². The summed E-state index contributed by atoms with van der Waals surface area (Å²) in [6.45, 7) is -2.48. The molecule has 5 rings (SSSR count). The van der Waals surface area contributed by atoms with E-state index in [1.54, 1.807) is 23.9 Å². The number of anilines is 3. The Labute approximate surface area is 212 Å². The standard InChI is InChI=1S/C26H30FN5O4/c1-5-19(33)16-13-28-20(30-25(34)14-6-7-14)12-17(16)29-24-21-18(32(2)31-24)9-8-15(22(21)35-3)23(36-4)26(27)10-11-26/h8-9,12-14,23H,5-7,10-11H2,1-4H3,(H2,28,29,30,31,34)/i1D3. The quantitative estimate of drug-likeness (QED) is 0.385. The second kappa shape index (κ2) is 9.16. The number of nitrogens with zero attached hydrogens (tertiary/aromatic N) is 3. The Morgan fingerprint density at radius 2 is 2.11 bits per heavy atom. The lowest BCUT2D eigenvalue weighted by Crippen LogP contribution is -2.18. The molecule has 0 spiro atoms. The van der Waals surface area contributed by atoms with Crippen LogP contribution in [0.2, 0.25) is 0 Å². The Morgan fingerprint density at radius 1 is 1.33 bits per heavy atom. The topological polar surface area (TPSA) is 107 Å². The third kappa shape index (κ3) is 4.30. The molecule has 10 heteroatoms. The molecule has 1 atom stereocenters. The van der Waals surface area contributed by atoms with Crippen LogP contribution in [0, 0.1) is 5.92 Å². The molecular weight excluding hydrogens is 465 g/mol. The van der Waals surface area contributed by atoms with Gasteiger partial charge in [-0.05, 0) is 31.7 Å². The number of ether oxygens (including phenoxy) is 2. The number of methoxy groups -OCH3 is 2. The highest BCUT2D eigenvalue weighted by molar-refractivity contribution is 6.04. The number of halogens is 1. The molecule has 36 heavy (non-hydrogen) atoms. The molecule has 0 aliphatic heterocycles. The van der Waals surface area contributed by atoms with Crippen LogP contribution < -0.4 is 15.4 Å². The summed E-state index contributed by atoms with van der Waals surface area (Å²) in [7, 11) is 4.66. The zero-order valence-corrected chi connectivity index (χ0v) is 20.4. The summed E-state index contributed by atoms with van der Waals surface area (Å²) >= 11 is 0. The fourth-order valence-corrected chi connectivity index (χ4v) is 4.50. The number of nitrogens with one attached hydrogen (secondary N) is 2. The highest BCUT2D eigenvalue weighted by atomic mass is 19.1. The van der Waals surface area contributed by atoms with E-state index in [-0.39, 0.29) is 28.9 Å². The smallest absolute Gasteiger partial charge is 0.228 e. The van der Waals surface area contributed by atoms with Crippen molar-refractivity contribution in [2.75, 3.05) is 24.9 Å². The van der Waals surface area contributed by atoms with Gasteiger partial charge in [-0.2, -0.15) is 5.10 Å². The second-order valence-electron chi connectivity index (χ2n) is 9.31. The number of ketones is 1. The molecule has 3 aromatic rings. The molecule has 2 N–H and O–H groups in total. The Morgan fingerprint density at radius 3 is 2.75 bits per heavy atom. The summed E-state index contributed by atoms with van der Waals surface area (Å²) in [6, 6.07) is 5.02. The van der Waals surface area contributed by atoms with Crippen LogP contribution in [0.1, 0.15) is 65.1 Å². The number of carbonyl (C=O) groups is 2. The van der Waals surface area contributed by atoms with E-state index < -0.39 is 30.8 Å². The van der Waals surface area contributed by atoms with Gasteiger partial charge in [0.2, 0.25) is 5.91 Å². The average molecular weight is 499 g/mol. The van der Waals surface area contributed by atoms with Gasteiger partial charge in [-0.15, -0.1) is 0 Å². The minimum atomic E-state index is -2.48. The molecule has 1 unspecified atom stereocenters. The number of benzene rings is 1. The number of hydrogen-bond donors (Lipinski definition) is 2. The van der Waals surface area contributed by atoms with E-state index in [9.17, 15) is 9.59 Å². The van der Waals surface area contributed by atoms with Crippen molar-refractivity contribution < 1.29 is 27.6 Å². The Kier molecular flexibility index (Phi) is 5.25. The van der Waals surface area contributed by atoms with Gasteiger partial charge in [0.1, 0.15) is 23.3 Å². The minimum absolute atomic E-state index is 0.0277. The summed E-state index contributed by atoms with van der Waals surface area (Å²) < 4.78 is 50.7. The molecule has 2 fully saturated rings. The van der Waals surface area contributed by atoms with Crippen molar-refractivity contribution in [2.45, 2.75) is 50.7 Å². The summed E-state index contributed by atoms with van der Waals surface area (Å²) in [5.74, 6) is -0.0216. The average Bonchev–Trinajstić information content (AvgIpc) is 3.79. The lowest BCUT2D eigenvalue weighted by molar-refractivity contribution is -0.117. The van der Waals surface area contributed by atoms with E-state index >= 15 is 4.39 Å². The largest absolute Gasteiger partial charge is 0.496 e. The number of fused-ring (bicyclic) bond motifs is 1. The SMILES string of the molecule is [2H]C([2H])([2H])CC(=O)c1cnc(NC(=O)C2CC2)cc1Nc1nn(C)c2ccc(C(OC)C3(F)CC3)c(OC)c12. The van der Waals surface area contributed by atoms with Gasteiger partial charge in [0.25, 0.3) is 0 Å². The van der Waals surface area contributed by atoms with Crippen molar-refractivity contribution in [3.63, 3.8) is 0 Å².